The Hall–Kier alpha value is -3.31. The Morgan fingerprint density at radius 2 is 1.84 bits per heavy atom. The van der Waals surface area contributed by atoms with Crippen LogP contribution in [-0.2, 0) is 23.7 Å². The highest BCUT2D eigenvalue weighted by molar-refractivity contribution is 7.98. The van der Waals surface area contributed by atoms with Gasteiger partial charge >= 0.3 is 11.9 Å². The van der Waals surface area contributed by atoms with E-state index in [2.05, 4.69) is 6.26 Å². The topological polar surface area (TPSA) is 98.8 Å². The number of fused-ring (bicyclic) bond motifs is 2. The summed E-state index contributed by atoms with van der Waals surface area (Å²) >= 11 is 1.75. The maximum absolute atomic E-state index is 13.7. The summed E-state index contributed by atoms with van der Waals surface area (Å²) in [6.45, 7) is 7.89. The van der Waals surface area contributed by atoms with Crippen molar-refractivity contribution in [1.29, 1.82) is 0 Å². The lowest BCUT2D eigenvalue weighted by Gasteiger charge is -2.25. The monoisotopic (exact) mass is 640 g/mol. The molecule has 5 atom stereocenters. The number of benzene rings is 2. The van der Waals surface area contributed by atoms with Crippen molar-refractivity contribution in [2.75, 3.05) is 32.5 Å². The van der Waals surface area contributed by atoms with Crippen molar-refractivity contribution in [3.63, 3.8) is 0 Å². The fourth-order valence-electron chi connectivity index (χ4n) is 5.08. The van der Waals surface area contributed by atoms with E-state index in [1.165, 1.54) is 7.11 Å². The van der Waals surface area contributed by atoms with Gasteiger partial charge in [-0.2, -0.15) is 11.8 Å². The number of thioether (sulfide) groups is 1. The van der Waals surface area contributed by atoms with Crippen molar-refractivity contribution in [2.45, 2.75) is 70.7 Å². The summed E-state index contributed by atoms with van der Waals surface area (Å²) in [7, 11) is 1.52. The van der Waals surface area contributed by atoms with Crippen LogP contribution in [0.25, 0.3) is 6.08 Å². The van der Waals surface area contributed by atoms with Gasteiger partial charge in [-0.15, -0.1) is 0 Å². The lowest BCUT2D eigenvalue weighted by atomic mass is 9.98. The molecule has 2 aromatic carbocycles. The zero-order valence-electron chi connectivity index (χ0n) is 26.9. The van der Waals surface area contributed by atoms with Crippen molar-refractivity contribution in [1.82, 2.24) is 0 Å². The van der Waals surface area contributed by atoms with E-state index in [1.54, 1.807) is 48.2 Å². The summed E-state index contributed by atoms with van der Waals surface area (Å²) < 4.78 is 41.7. The van der Waals surface area contributed by atoms with Crippen LogP contribution in [0, 0.1) is 5.92 Å². The minimum absolute atomic E-state index is 0.0544. The van der Waals surface area contributed by atoms with Gasteiger partial charge in [-0.25, -0.2) is 9.59 Å². The number of hydrogen-bond acceptors (Lipinski definition) is 10. The lowest BCUT2D eigenvalue weighted by Crippen LogP contribution is -2.37. The molecule has 0 spiro atoms. The Balaban J connectivity index is 1.72. The molecule has 4 unspecified atom stereocenters. The van der Waals surface area contributed by atoms with Crippen LogP contribution in [0.2, 0.25) is 0 Å². The van der Waals surface area contributed by atoms with E-state index < -0.39 is 42.1 Å². The fourth-order valence-corrected chi connectivity index (χ4v) is 5.49. The zero-order chi connectivity index (χ0) is 32.4. The number of esters is 2. The van der Waals surface area contributed by atoms with Gasteiger partial charge in [0.1, 0.15) is 35.4 Å². The van der Waals surface area contributed by atoms with Gasteiger partial charge in [-0.05, 0) is 75.5 Å². The maximum atomic E-state index is 13.7. The third-order valence-corrected chi connectivity index (χ3v) is 8.20. The number of cyclic esters (lactones) is 1. The third kappa shape index (κ3) is 9.59. The first kappa shape index (κ1) is 34.6. The molecule has 1 fully saturated rings. The van der Waals surface area contributed by atoms with Gasteiger partial charge in [0.25, 0.3) is 0 Å². The van der Waals surface area contributed by atoms with Gasteiger partial charge in [-0.3, -0.25) is 0 Å². The average molecular weight is 641 g/mol. The number of carbonyl (C=O) groups is 2. The largest absolute Gasteiger partial charge is 0.493 e. The van der Waals surface area contributed by atoms with Crippen molar-refractivity contribution in [3.05, 3.63) is 77.4 Å². The molecule has 0 aliphatic carbocycles. The van der Waals surface area contributed by atoms with Crippen LogP contribution in [0.1, 0.15) is 66.8 Å². The molecule has 0 saturated carbocycles. The van der Waals surface area contributed by atoms with E-state index in [-0.39, 0.29) is 18.3 Å². The maximum Gasteiger partial charge on any atom is 0.342 e. The first-order chi connectivity index (χ1) is 21.6. The Morgan fingerprint density at radius 1 is 1.07 bits per heavy atom. The molecular weight excluding hydrogens is 596 g/mol. The highest BCUT2D eigenvalue weighted by atomic mass is 32.2. The average Bonchev–Trinajstić information content (AvgIpc) is 3.33. The van der Waals surface area contributed by atoms with Gasteiger partial charge in [0, 0.05) is 19.1 Å². The molecule has 0 N–H and O–H groups in total. The minimum atomic E-state index is -0.906. The van der Waals surface area contributed by atoms with Crippen LogP contribution in [-0.4, -0.2) is 74.7 Å². The molecule has 1 saturated heterocycles. The van der Waals surface area contributed by atoms with Gasteiger partial charge < -0.3 is 33.2 Å². The fraction of sp³-hybridized carbons (Fsp3) is 0.486. The first-order valence-electron chi connectivity index (χ1n) is 15.2. The molecule has 2 aliphatic heterocycles. The molecule has 0 amide bonds. The van der Waals surface area contributed by atoms with Gasteiger partial charge in [-0.1, -0.05) is 43.4 Å². The quantitative estimate of drug-likeness (QED) is 0.121. The van der Waals surface area contributed by atoms with Gasteiger partial charge in [0.05, 0.1) is 18.3 Å². The Kier molecular flexibility index (Phi) is 12.5. The predicted octanol–water partition coefficient (Wildman–Crippen LogP) is 6.70. The number of rotatable bonds is 10. The number of hydrogen-bond donors (Lipinski definition) is 0. The smallest absolute Gasteiger partial charge is 0.342 e. The van der Waals surface area contributed by atoms with Crippen molar-refractivity contribution >= 4 is 29.8 Å². The number of methoxy groups -OCH3 is 1. The highest BCUT2D eigenvalue weighted by Crippen LogP contribution is 2.36. The van der Waals surface area contributed by atoms with Crippen LogP contribution in [0.5, 0.6) is 11.5 Å². The zero-order valence-corrected chi connectivity index (χ0v) is 27.7. The summed E-state index contributed by atoms with van der Waals surface area (Å²) in [5.74, 6) is -0.302. The molecule has 4 rings (SSSR count). The van der Waals surface area contributed by atoms with E-state index in [0.717, 1.165) is 12.2 Å². The second kappa shape index (κ2) is 16.3. The Labute approximate surface area is 270 Å². The minimum Gasteiger partial charge on any atom is -0.493 e. The van der Waals surface area contributed by atoms with Crippen molar-refractivity contribution in [2.24, 2.45) is 5.92 Å². The molecule has 2 aliphatic rings. The first-order valence-corrected chi connectivity index (χ1v) is 16.6. The second-order valence-electron chi connectivity index (χ2n) is 11.5. The Morgan fingerprint density at radius 3 is 2.58 bits per heavy atom. The van der Waals surface area contributed by atoms with Crippen LogP contribution in [0.15, 0.2) is 60.7 Å². The molecule has 45 heavy (non-hydrogen) atoms. The molecule has 2 aromatic rings. The summed E-state index contributed by atoms with van der Waals surface area (Å²) in [6, 6.07) is 12.3. The summed E-state index contributed by atoms with van der Waals surface area (Å²) in [5.41, 5.74) is 1.28. The van der Waals surface area contributed by atoms with Gasteiger partial charge in [0.2, 0.25) is 0 Å². The Bertz CT molecular complexity index is 1340. The third-order valence-electron chi connectivity index (χ3n) is 7.51. The van der Waals surface area contributed by atoms with E-state index in [1.807, 2.05) is 58.1 Å². The van der Waals surface area contributed by atoms with Crippen LogP contribution < -0.4 is 9.47 Å². The molecule has 244 valence electrons. The normalized spacial score (nSPS) is 26.0. The lowest BCUT2D eigenvalue weighted by molar-refractivity contribution is -0.152. The molecule has 0 radical (unpaired) electrons. The van der Waals surface area contributed by atoms with Crippen LogP contribution >= 0.6 is 11.8 Å². The summed E-state index contributed by atoms with van der Waals surface area (Å²) in [6.07, 6.45) is 8.44. The van der Waals surface area contributed by atoms with E-state index in [9.17, 15) is 9.59 Å². The molecule has 0 aromatic heterocycles. The van der Waals surface area contributed by atoms with Crippen LogP contribution in [0.4, 0.5) is 0 Å². The van der Waals surface area contributed by atoms with E-state index >= 15 is 0 Å². The molecule has 2 heterocycles. The van der Waals surface area contributed by atoms with Crippen molar-refractivity contribution < 1.29 is 42.7 Å². The molecular formula is C35H44O9S. The predicted molar refractivity (Wildman–Crippen MR) is 174 cm³/mol. The second-order valence-corrected chi connectivity index (χ2v) is 12.5. The van der Waals surface area contributed by atoms with E-state index in [4.69, 9.17) is 33.2 Å². The summed E-state index contributed by atoms with van der Waals surface area (Å²) in [4.78, 5) is 26.8. The van der Waals surface area contributed by atoms with Crippen LogP contribution in [0.3, 0.4) is 0 Å². The number of carbonyl (C=O) groups excluding carboxylic acids is 2. The molecule has 0 bridgehead atoms. The van der Waals surface area contributed by atoms with Crippen molar-refractivity contribution in [3.8, 4) is 11.5 Å². The van der Waals surface area contributed by atoms with Gasteiger partial charge in [0.15, 0.2) is 12.6 Å². The van der Waals surface area contributed by atoms with E-state index in [0.29, 0.717) is 35.7 Å². The highest BCUT2D eigenvalue weighted by Gasteiger charge is 2.45. The summed E-state index contributed by atoms with van der Waals surface area (Å²) in [5, 5.41) is 0. The standard InChI is InChI=1S/C35H44O9S/c1-23-16-17-28(42-33(36)25-12-8-7-9-13-25)32-29(43-35(3,4)44-32)15-10-14-26-20-27(39-18-11-19-45-6)21-30(40-22-38-5)31(26)34(37)41-24(23)2/h7-10,12-14,16-17,20-21,23-24,28-29,32H,11,15,18-19,22H2,1-6H3/b14-10+,17-16-/t23-,24?,28?,29?,32?/m1/s1. The molecule has 10 heteroatoms. The molecule has 9 nitrogen and oxygen atoms in total. The number of ether oxygens (including phenoxy) is 7. The SMILES string of the molecule is COCOc1cc(OCCCSC)cc2c1C(=O)OC(C)[C@H](C)/C=C\C(OC(=O)c1ccccc1)C1OC(C)(C)OC1C/C=C/2.